The van der Waals surface area contributed by atoms with E-state index in [1.165, 1.54) is 0 Å². The zero-order valence-electron chi connectivity index (χ0n) is 19.3. The molecule has 6 rings (SSSR count). The predicted molar refractivity (Wildman–Crippen MR) is 111 cm³/mol. The van der Waals surface area contributed by atoms with E-state index in [1.54, 1.807) is 33.7 Å². The molecule has 0 bridgehead atoms. The van der Waals surface area contributed by atoms with Gasteiger partial charge < -0.3 is 14.8 Å². The minimum atomic E-state index is -2.65. The average molecular weight is 408 g/mol. The number of ether oxygens (including phenoxy) is 2. The number of imidazole rings is 1. The first-order chi connectivity index (χ1) is 15.9. The highest BCUT2D eigenvalue weighted by Gasteiger charge is 2.41. The zero-order valence-corrected chi connectivity index (χ0v) is 16.3. The van der Waals surface area contributed by atoms with Crippen LogP contribution in [-0.2, 0) is 4.74 Å². The van der Waals surface area contributed by atoms with Crippen LogP contribution in [0.3, 0.4) is 0 Å². The van der Waals surface area contributed by atoms with E-state index in [0.717, 1.165) is 44.5 Å². The van der Waals surface area contributed by atoms with Crippen molar-refractivity contribution in [3.05, 3.63) is 37.1 Å². The van der Waals surface area contributed by atoms with E-state index in [2.05, 4.69) is 25.4 Å². The van der Waals surface area contributed by atoms with Gasteiger partial charge in [-0.15, -0.1) is 5.10 Å². The molecule has 4 aromatic rings. The largest absolute Gasteiger partial charge is 0.479 e. The molecule has 1 aliphatic heterocycles. The van der Waals surface area contributed by atoms with Crippen LogP contribution in [0, 0.1) is 5.41 Å². The lowest BCUT2D eigenvalue weighted by Gasteiger charge is -2.46. The third-order valence-electron chi connectivity index (χ3n) is 6.33. The Morgan fingerprint density at radius 1 is 1.27 bits per heavy atom. The summed E-state index contributed by atoms with van der Waals surface area (Å²) in [5, 5.41) is 7.98. The topological polar surface area (TPSA) is 90.9 Å². The number of rotatable bonds is 4. The van der Waals surface area contributed by atoms with Crippen LogP contribution in [0.4, 0.5) is 5.95 Å². The molecule has 0 unspecified atom stereocenters. The summed E-state index contributed by atoms with van der Waals surface area (Å²) in [5.41, 5.74) is 2.29. The van der Waals surface area contributed by atoms with Crippen LogP contribution in [0.25, 0.3) is 22.4 Å². The molecule has 1 N–H and O–H groups in total. The highest BCUT2D eigenvalue weighted by atomic mass is 16.5. The molecule has 154 valence electrons. The van der Waals surface area contributed by atoms with Crippen LogP contribution in [0.15, 0.2) is 37.1 Å². The quantitative estimate of drug-likeness (QED) is 0.555. The van der Waals surface area contributed by atoms with Gasteiger partial charge in [0.2, 0.25) is 17.6 Å². The third-order valence-corrected chi connectivity index (χ3v) is 6.33. The van der Waals surface area contributed by atoms with Gasteiger partial charge in [0.05, 0.1) is 24.4 Å². The normalized spacial score (nSPS) is 20.6. The number of aromatic nitrogens is 6. The fourth-order valence-electron chi connectivity index (χ4n) is 4.55. The highest BCUT2D eigenvalue weighted by molar-refractivity contribution is 5.84. The number of hydrogen-bond donors (Lipinski definition) is 1. The van der Waals surface area contributed by atoms with Crippen molar-refractivity contribution >= 4 is 17.2 Å². The molecule has 1 spiro atoms. The fourth-order valence-corrected chi connectivity index (χ4v) is 4.55. The van der Waals surface area contributed by atoms with Gasteiger partial charge in [-0.2, -0.15) is 4.98 Å². The number of methoxy groups -OCH3 is 1. The molecule has 1 saturated carbocycles. The van der Waals surface area contributed by atoms with E-state index < -0.39 is 7.04 Å². The molecular formula is C21H23N7O2. The van der Waals surface area contributed by atoms with Crippen molar-refractivity contribution in [2.75, 3.05) is 25.6 Å². The standard InChI is InChI=1S/C21H23N7O2/c1-29-18-17-16(14-10-23-20-22-7-9-27(20)11-14)4-8-28(17)26-19(25-18)24-15-2-5-21(6-3-15)12-30-13-21/h4,7-11,15H,2-3,5-6,12-13H2,1H3,(H,24,26)/i1D3. The third kappa shape index (κ3) is 2.80. The summed E-state index contributed by atoms with van der Waals surface area (Å²) in [7, 11) is -2.65. The van der Waals surface area contributed by atoms with Crippen molar-refractivity contribution in [1.82, 2.24) is 29.0 Å². The SMILES string of the molecule is [2H]C([2H])([2H])Oc1nc(NC2CCC3(CC2)COC3)nn2ccc(-c3cnc4nccn4c3)c12. The molecule has 5 heterocycles. The van der Waals surface area contributed by atoms with Crippen molar-refractivity contribution in [3.8, 4) is 17.0 Å². The van der Waals surface area contributed by atoms with Gasteiger partial charge in [-0.3, -0.25) is 4.40 Å². The van der Waals surface area contributed by atoms with Gasteiger partial charge in [-0.1, -0.05) is 0 Å². The fraction of sp³-hybridized carbons (Fsp3) is 0.429. The van der Waals surface area contributed by atoms with Crippen LogP contribution >= 0.6 is 0 Å². The van der Waals surface area contributed by atoms with Gasteiger partial charge in [-0.25, -0.2) is 14.5 Å². The van der Waals surface area contributed by atoms with Gasteiger partial charge in [0, 0.05) is 53.6 Å². The van der Waals surface area contributed by atoms with Gasteiger partial charge in [0.15, 0.2) is 0 Å². The van der Waals surface area contributed by atoms with E-state index in [1.807, 2.05) is 12.3 Å². The Morgan fingerprint density at radius 2 is 2.17 bits per heavy atom. The second kappa shape index (κ2) is 6.66. The maximum absolute atomic E-state index is 7.64. The maximum atomic E-state index is 7.64. The van der Waals surface area contributed by atoms with Crippen LogP contribution in [0.5, 0.6) is 5.88 Å². The highest BCUT2D eigenvalue weighted by Crippen LogP contribution is 2.42. The lowest BCUT2D eigenvalue weighted by Crippen LogP contribution is -2.47. The summed E-state index contributed by atoms with van der Waals surface area (Å²) in [5.74, 6) is 0.919. The first-order valence-electron chi connectivity index (χ1n) is 11.6. The maximum Gasteiger partial charge on any atom is 0.244 e. The second-order valence-corrected chi connectivity index (χ2v) is 8.25. The van der Waals surface area contributed by atoms with Crippen molar-refractivity contribution < 1.29 is 13.6 Å². The van der Waals surface area contributed by atoms with Gasteiger partial charge >= 0.3 is 0 Å². The van der Waals surface area contributed by atoms with Gasteiger partial charge in [0.1, 0.15) is 5.52 Å². The summed E-state index contributed by atoms with van der Waals surface area (Å²) in [4.78, 5) is 13.0. The minimum absolute atomic E-state index is 0.00194. The Hall–Kier alpha value is -3.20. The molecule has 1 saturated heterocycles. The van der Waals surface area contributed by atoms with Crippen LogP contribution < -0.4 is 10.1 Å². The molecule has 1 aliphatic carbocycles. The number of hydrogen-bond acceptors (Lipinski definition) is 7. The van der Waals surface area contributed by atoms with E-state index >= 15 is 0 Å². The molecular weight excluding hydrogens is 382 g/mol. The van der Waals surface area contributed by atoms with Crippen LogP contribution in [0.2, 0.25) is 0 Å². The molecule has 0 radical (unpaired) electrons. The summed E-state index contributed by atoms with van der Waals surface area (Å²) in [6, 6.07) is 2.07. The lowest BCUT2D eigenvalue weighted by molar-refractivity contribution is -0.131. The van der Waals surface area contributed by atoms with E-state index in [0.29, 0.717) is 28.2 Å². The molecule has 9 nitrogen and oxygen atoms in total. The van der Waals surface area contributed by atoms with Gasteiger partial charge in [-0.05, 0) is 31.7 Å². The van der Waals surface area contributed by atoms with Crippen LogP contribution in [-0.4, -0.2) is 55.3 Å². The molecule has 2 fully saturated rings. The molecule has 30 heavy (non-hydrogen) atoms. The molecule has 0 amide bonds. The minimum Gasteiger partial charge on any atom is -0.479 e. The zero-order chi connectivity index (χ0) is 22.6. The Labute approximate surface area is 177 Å². The number of nitrogens with zero attached hydrogens (tertiary/aromatic N) is 6. The molecule has 9 heteroatoms. The summed E-state index contributed by atoms with van der Waals surface area (Å²) >= 11 is 0. The van der Waals surface area contributed by atoms with Crippen LogP contribution in [0.1, 0.15) is 29.8 Å². The first kappa shape index (κ1) is 14.7. The molecule has 2 aliphatic rings. The van der Waals surface area contributed by atoms with Crippen molar-refractivity contribution in [3.63, 3.8) is 0 Å². The molecule has 4 aromatic heterocycles. The Morgan fingerprint density at radius 3 is 2.97 bits per heavy atom. The number of nitrogens with one attached hydrogen (secondary N) is 1. The van der Waals surface area contributed by atoms with Crippen molar-refractivity contribution in [2.24, 2.45) is 5.41 Å². The summed E-state index contributed by atoms with van der Waals surface area (Å²) in [6.45, 7) is 1.70. The number of fused-ring (bicyclic) bond motifs is 2. The smallest absolute Gasteiger partial charge is 0.244 e. The van der Waals surface area contributed by atoms with Crippen molar-refractivity contribution in [1.29, 1.82) is 0 Å². The Balaban J connectivity index is 1.35. The second-order valence-electron chi connectivity index (χ2n) is 8.25. The first-order valence-corrected chi connectivity index (χ1v) is 10.1. The monoisotopic (exact) mass is 408 g/mol. The summed E-state index contributed by atoms with van der Waals surface area (Å²) < 4.78 is 37.1. The average Bonchev–Trinajstić information content (AvgIpc) is 3.38. The van der Waals surface area contributed by atoms with E-state index in [9.17, 15) is 0 Å². The van der Waals surface area contributed by atoms with E-state index in [4.69, 9.17) is 13.6 Å². The van der Waals surface area contributed by atoms with E-state index in [-0.39, 0.29) is 11.9 Å². The Bertz CT molecular complexity index is 1320. The summed E-state index contributed by atoms with van der Waals surface area (Å²) in [6.07, 6.45) is 13.0. The lowest BCUT2D eigenvalue weighted by atomic mass is 9.71. The number of anilines is 1. The molecule has 0 aromatic carbocycles. The van der Waals surface area contributed by atoms with Crippen molar-refractivity contribution in [2.45, 2.75) is 31.7 Å². The van der Waals surface area contributed by atoms with Gasteiger partial charge in [0.25, 0.3) is 0 Å². The Kier molecular flexibility index (Phi) is 3.27. The molecule has 0 atom stereocenters. The predicted octanol–water partition coefficient (Wildman–Crippen LogP) is 2.82.